The van der Waals surface area contributed by atoms with Crippen LogP contribution in [0, 0.1) is 0 Å². The third-order valence-corrected chi connectivity index (χ3v) is 5.12. The van der Waals surface area contributed by atoms with Crippen molar-refractivity contribution < 1.29 is 0 Å². The van der Waals surface area contributed by atoms with Crippen LogP contribution in [0.15, 0.2) is 23.7 Å². The van der Waals surface area contributed by atoms with Gasteiger partial charge in [-0.1, -0.05) is 25.4 Å². The van der Waals surface area contributed by atoms with Crippen LogP contribution in [0.25, 0.3) is 0 Å². The van der Waals surface area contributed by atoms with Gasteiger partial charge in [-0.2, -0.15) is 0 Å². The van der Waals surface area contributed by atoms with Gasteiger partial charge < -0.3 is 10.2 Å². The van der Waals surface area contributed by atoms with Gasteiger partial charge in [0.25, 0.3) is 0 Å². The van der Waals surface area contributed by atoms with Crippen LogP contribution in [0.5, 0.6) is 0 Å². The summed E-state index contributed by atoms with van der Waals surface area (Å²) < 4.78 is 0. The molecule has 1 aliphatic heterocycles. The second-order valence-electron chi connectivity index (χ2n) is 5.71. The first kappa shape index (κ1) is 14.8. The Morgan fingerprint density at radius 3 is 3.14 bits per heavy atom. The van der Waals surface area contributed by atoms with Crippen LogP contribution in [0.2, 0.25) is 5.02 Å². The molecule has 0 amide bonds. The predicted molar refractivity (Wildman–Crippen MR) is 90.3 cm³/mol. The van der Waals surface area contributed by atoms with Crippen molar-refractivity contribution in [3.8, 4) is 0 Å². The minimum absolute atomic E-state index is 0.445. The molecule has 0 unspecified atom stereocenters. The predicted octanol–water partition coefficient (Wildman–Crippen LogP) is 3.86. The molecule has 2 aromatic rings. The van der Waals surface area contributed by atoms with Crippen LogP contribution in [-0.4, -0.2) is 17.6 Å². The first-order valence-corrected chi connectivity index (χ1v) is 8.57. The topological polar surface area (TPSA) is 28.2 Å². The monoisotopic (exact) mass is 321 g/mol. The van der Waals surface area contributed by atoms with Crippen LogP contribution >= 0.6 is 22.9 Å². The molecular formula is C16H20ClN3S. The molecule has 2 aromatic heterocycles. The molecule has 5 heteroatoms. The van der Waals surface area contributed by atoms with Crippen LogP contribution in [0.1, 0.15) is 29.9 Å². The number of aromatic nitrogens is 1. The first-order chi connectivity index (χ1) is 10.1. The Morgan fingerprint density at radius 1 is 1.48 bits per heavy atom. The third kappa shape index (κ3) is 3.39. The molecule has 3 heterocycles. The van der Waals surface area contributed by atoms with Crippen LogP contribution in [-0.2, 0) is 19.5 Å². The molecule has 0 saturated heterocycles. The van der Waals surface area contributed by atoms with Crippen molar-refractivity contribution in [3.63, 3.8) is 0 Å². The number of rotatable bonds is 4. The highest BCUT2D eigenvalue weighted by Crippen LogP contribution is 2.28. The van der Waals surface area contributed by atoms with Crippen LogP contribution in [0.4, 0.5) is 5.82 Å². The maximum absolute atomic E-state index is 6.26. The fraction of sp³-hybridized carbons (Fsp3) is 0.438. The zero-order valence-corrected chi connectivity index (χ0v) is 14.0. The van der Waals surface area contributed by atoms with Gasteiger partial charge in [0.15, 0.2) is 0 Å². The van der Waals surface area contributed by atoms with Gasteiger partial charge >= 0.3 is 0 Å². The molecular weight excluding hydrogens is 302 g/mol. The van der Waals surface area contributed by atoms with E-state index < -0.39 is 0 Å². The average molecular weight is 322 g/mol. The summed E-state index contributed by atoms with van der Waals surface area (Å²) >= 11 is 8.12. The van der Waals surface area contributed by atoms with E-state index in [1.807, 2.05) is 11.3 Å². The van der Waals surface area contributed by atoms with Gasteiger partial charge in [-0.05, 0) is 35.1 Å². The smallest absolute Gasteiger partial charge is 0.129 e. The molecule has 1 N–H and O–H groups in total. The van der Waals surface area contributed by atoms with E-state index in [1.54, 1.807) is 6.20 Å². The first-order valence-electron chi connectivity index (χ1n) is 7.31. The maximum Gasteiger partial charge on any atom is 0.129 e. The second-order valence-corrected chi connectivity index (χ2v) is 7.12. The largest absolute Gasteiger partial charge is 0.352 e. The fourth-order valence-electron chi connectivity index (χ4n) is 2.53. The van der Waals surface area contributed by atoms with E-state index in [9.17, 15) is 0 Å². The van der Waals surface area contributed by atoms with Gasteiger partial charge in [0, 0.05) is 36.8 Å². The zero-order valence-electron chi connectivity index (χ0n) is 12.4. The van der Waals surface area contributed by atoms with Gasteiger partial charge in [0.2, 0.25) is 0 Å². The van der Waals surface area contributed by atoms with Gasteiger partial charge in [0.05, 0.1) is 5.02 Å². The Kier molecular flexibility index (Phi) is 4.48. The zero-order chi connectivity index (χ0) is 14.8. The van der Waals surface area contributed by atoms with E-state index >= 15 is 0 Å². The molecule has 3 rings (SSSR count). The van der Waals surface area contributed by atoms with Crippen molar-refractivity contribution in [1.82, 2.24) is 10.3 Å². The van der Waals surface area contributed by atoms with Crippen LogP contribution in [0.3, 0.4) is 0 Å². The molecule has 0 atom stereocenters. The normalized spacial score (nSPS) is 14.6. The molecule has 0 radical (unpaired) electrons. The Labute approximate surface area is 135 Å². The molecule has 1 aliphatic rings. The number of hydrogen-bond acceptors (Lipinski definition) is 4. The number of hydrogen-bond donors (Lipinski definition) is 1. The SMILES string of the molecule is CC(C)NCc1cc(N2CCc3sccc3C2)ncc1Cl. The number of anilines is 1. The van der Waals surface area contributed by atoms with Gasteiger partial charge in [-0.3, -0.25) is 0 Å². The van der Waals surface area contributed by atoms with Crippen molar-refractivity contribution in [3.05, 3.63) is 44.7 Å². The Bertz CT molecular complexity index is 624. The molecule has 0 fully saturated rings. The minimum Gasteiger partial charge on any atom is -0.352 e. The van der Waals surface area contributed by atoms with Crippen molar-refractivity contribution in [2.24, 2.45) is 0 Å². The highest BCUT2D eigenvalue weighted by molar-refractivity contribution is 7.10. The number of nitrogens with one attached hydrogen (secondary N) is 1. The summed E-state index contributed by atoms with van der Waals surface area (Å²) in [4.78, 5) is 8.37. The summed E-state index contributed by atoms with van der Waals surface area (Å²) in [7, 11) is 0. The summed E-state index contributed by atoms with van der Waals surface area (Å²) in [5.41, 5.74) is 2.55. The fourth-order valence-corrected chi connectivity index (χ4v) is 3.59. The minimum atomic E-state index is 0.445. The number of thiophene rings is 1. The second kappa shape index (κ2) is 6.34. The summed E-state index contributed by atoms with van der Waals surface area (Å²) in [5, 5.41) is 6.33. The lowest BCUT2D eigenvalue weighted by Crippen LogP contribution is -2.30. The van der Waals surface area contributed by atoms with E-state index in [-0.39, 0.29) is 0 Å². The quantitative estimate of drug-likeness (QED) is 0.927. The van der Waals surface area contributed by atoms with Crippen molar-refractivity contribution in [1.29, 1.82) is 0 Å². The summed E-state index contributed by atoms with van der Waals surface area (Å²) in [6.45, 7) is 7.03. The van der Waals surface area contributed by atoms with Crippen molar-refractivity contribution in [2.75, 3.05) is 11.4 Å². The molecule has 0 aromatic carbocycles. The lowest BCUT2D eigenvalue weighted by Gasteiger charge is -2.28. The Hall–Kier alpha value is -1.10. The average Bonchev–Trinajstić information content (AvgIpc) is 2.93. The summed E-state index contributed by atoms with van der Waals surface area (Å²) in [5.74, 6) is 1.02. The molecule has 0 aliphatic carbocycles. The Morgan fingerprint density at radius 2 is 2.33 bits per heavy atom. The van der Waals surface area contributed by atoms with Gasteiger partial charge in [-0.25, -0.2) is 4.98 Å². The molecule has 0 saturated carbocycles. The highest BCUT2D eigenvalue weighted by atomic mass is 35.5. The molecule has 21 heavy (non-hydrogen) atoms. The lowest BCUT2D eigenvalue weighted by molar-refractivity contribution is 0.588. The van der Waals surface area contributed by atoms with E-state index in [0.717, 1.165) is 42.5 Å². The number of nitrogens with zero attached hydrogens (tertiary/aromatic N) is 2. The number of pyridine rings is 1. The molecule has 0 bridgehead atoms. The lowest BCUT2D eigenvalue weighted by atomic mass is 10.1. The molecule has 112 valence electrons. The highest BCUT2D eigenvalue weighted by Gasteiger charge is 2.19. The van der Waals surface area contributed by atoms with Gasteiger partial charge in [0.1, 0.15) is 5.82 Å². The van der Waals surface area contributed by atoms with E-state index in [2.05, 4.69) is 46.6 Å². The van der Waals surface area contributed by atoms with Crippen molar-refractivity contribution >= 4 is 28.8 Å². The summed E-state index contributed by atoms with van der Waals surface area (Å²) in [6, 6.07) is 4.79. The Balaban J connectivity index is 1.78. The van der Waals surface area contributed by atoms with E-state index in [1.165, 1.54) is 10.4 Å². The number of halogens is 1. The third-order valence-electron chi connectivity index (χ3n) is 3.75. The maximum atomic E-state index is 6.26. The van der Waals surface area contributed by atoms with Gasteiger partial charge in [-0.15, -0.1) is 11.3 Å². The molecule has 0 spiro atoms. The van der Waals surface area contributed by atoms with Crippen LogP contribution < -0.4 is 10.2 Å². The van der Waals surface area contributed by atoms with Crippen molar-refractivity contribution in [2.45, 2.75) is 39.4 Å². The molecule has 3 nitrogen and oxygen atoms in total. The van der Waals surface area contributed by atoms with E-state index in [0.29, 0.717) is 6.04 Å². The standard InChI is InChI=1S/C16H20ClN3S/c1-11(2)18-8-13-7-16(19-9-14(13)17)20-5-3-15-12(10-20)4-6-21-15/h4,6-7,9,11,18H,3,5,8,10H2,1-2H3. The summed E-state index contributed by atoms with van der Waals surface area (Å²) in [6.07, 6.45) is 2.88. The number of fused-ring (bicyclic) bond motifs is 1. The van der Waals surface area contributed by atoms with E-state index in [4.69, 9.17) is 11.6 Å².